The van der Waals surface area contributed by atoms with Gasteiger partial charge in [-0.3, -0.25) is 9.69 Å². The Labute approximate surface area is 172 Å². The Morgan fingerprint density at radius 1 is 1.10 bits per heavy atom. The average Bonchev–Trinajstić information content (AvgIpc) is 3.22. The molecule has 29 heavy (non-hydrogen) atoms. The summed E-state index contributed by atoms with van der Waals surface area (Å²) in [7, 11) is -1.85. The smallest absolute Gasteiger partial charge is 0.238 e. The minimum atomic E-state index is -3.71. The molecule has 8 heteroatoms. The Hall–Kier alpha value is -2.42. The lowest BCUT2D eigenvalue weighted by molar-refractivity contribution is -0.117. The van der Waals surface area contributed by atoms with Crippen molar-refractivity contribution in [2.45, 2.75) is 30.7 Å². The number of nitrogens with one attached hydrogen (secondary N) is 1. The summed E-state index contributed by atoms with van der Waals surface area (Å²) in [5.41, 5.74) is 2.87. The third-order valence-electron chi connectivity index (χ3n) is 5.37. The third-order valence-corrected chi connectivity index (χ3v) is 6.30. The van der Waals surface area contributed by atoms with Crippen LogP contribution in [0.1, 0.15) is 31.4 Å². The van der Waals surface area contributed by atoms with Crippen LogP contribution in [0.15, 0.2) is 53.4 Å². The van der Waals surface area contributed by atoms with Gasteiger partial charge in [-0.15, -0.1) is 0 Å². The fraction of sp³-hybridized carbons (Fsp3) is 0.381. The van der Waals surface area contributed by atoms with Crippen LogP contribution in [0, 0.1) is 0 Å². The highest BCUT2D eigenvalue weighted by atomic mass is 32.2. The summed E-state index contributed by atoms with van der Waals surface area (Å²) in [6, 6.07) is 14.3. The Balaban J connectivity index is 1.55. The van der Waals surface area contributed by atoms with E-state index in [0.717, 1.165) is 24.3 Å². The van der Waals surface area contributed by atoms with Gasteiger partial charge < -0.3 is 10.2 Å². The fourth-order valence-corrected chi connectivity index (χ4v) is 4.00. The Morgan fingerprint density at radius 3 is 2.24 bits per heavy atom. The number of primary sulfonamides is 1. The lowest BCUT2D eigenvalue weighted by Gasteiger charge is -2.24. The largest absolute Gasteiger partial charge is 0.372 e. The van der Waals surface area contributed by atoms with Crippen molar-refractivity contribution in [3.8, 4) is 0 Å². The Morgan fingerprint density at radius 2 is 1.69 bits per heavy atom. The molecule has 2 aromatic carbocycles. The van der Waals surface area contributed by atoms with Gasteiger partial charge in [-0.05, 0) is 68.8 Å². The molecule has 0 aromatic heterocycles. The molecule has 0 aliphatic carbocycles. The predicted octanol–water partition coefficient (Wildman–Crippen LogP) is 2.57. The lowest BCUT2D eigenvalue weighted by atomic mass is 10.1. The topological polar surface area (TPSA) is 95.7 Å². The van der Waals surface area contributed by atoms with Gasteiger partial charge in [0.2, 0.25) is 15.9 Å². The quantitative estimate of drug-likeness (QED) is 0.723. The second-order valence-electron chi connectivity index (χ2n) is 7.49. The van der Waals surface area contributed by atoms with Gasteiger partial charge >= 0.3 is 0 Å². The maximum atomic E-state index is 12.4. The van der Waals surface area contributed by atoms with Crippen molar-refractivity contribution in [1.29, 1.82) is 0 Å². The van der Waals surface area contributed by atoms with Crippen molar-refractivity contribution in [3.05, 3.63) is 54.1 Å². The zero-order chi connectivity index (χ0) is 21.0. The summed E-state index contributed by atoms with van der Waals surface area (Å²) in [4.78, 5) is 16.8. The molecule has 0 saturated carbocycles. The number of benzene rings is 2. The molecule has 2 aromatic rings. The van der Waals surface area contributed by atoms with Crippen LogP contribution in [-0.2, 0) is 14.8 Å². The molecule has 3 N–H and O–H groups in total. The van der Waals surface area contributed by atoms with Crippen molar-refractivity contribution >= 4 is 27.3 Å². The Kier molecular flexibility index (Phi) is 6.56. The molecule has 1 fully saturated rings. The predicted molar refractivity (Wildman–Crippen MR) is 115 cm³/mol. The molecule has 0 bridgehead atoms. The van der Waals surface area contributed by atoms with Gasteiger partial charge in [-0.25, -0.2) is 13.6 Å². The summed E-state index contributed by atoms with van der Waals surface area (Å²) < 4.78 is 22.7. The van der Waals surface area contributed by atoms with Crippen LogP contribution in [0.2, 0.25) is 0 Å². The highest BCUT2D eigenvalue weighted by Crippen LogP contribution is 2.23. The summed E-state index contributed by atoms with van der Waals surface area (Å²) >= 11 is 0. The number of nitrogens with two attached hydrogens (primary N) is 1. The van der Waals surface area contributed by atoms with E-state index in [0.29, 0.717) is 0 Å². The maximum Gasteiger partial charge on any atom is 0.238 e. The van der Waals surface area contributed by atoms with Gasteiger partial charge in [-0.2, -0.15) is 0 Å². The first-order valence-electron chi connectivity index (χ1n) is 9.72. The molecule has 0 spiro atoms. The molecule has 3 rings (SSSR count). The van der Waals surface area contributed by atoms with E-state index < -0.39 is 10.0 Å². The summed E-state index contributed by atoms with van der Waals surface area (Å²) in [6.07, 6.45) is 2.46. The molecule has 1 aliphatic rings. The molecule has 156 valence electrons. The normalized spacial score (nSPS) is 15.5. The second kappa shape index (κ2) is 8.94. The van der Waals surface area contributed by atoms with Crippen LogP contribution in [0.4, 0.5) is 11.4 Å². The van der Waals surface area contributed by atoms with Crippen molar-refractivity contribution in [3.63, 3.8) is 0 Å². The van der Waals surface area contributed by atoms with Crippen LogP contribution in [-0.4, -0.2) is 45.9 Å². The second-order valence-corrected chi connectivity index (χ2v) is 9.06. The van der Waals surface area contributed by atoms with E-state index in [4.69, 9.17) is 5.14 Å². The van der Waals surface area contributed by atoms with Gasteiger partial charge in [0.1, 0.15) is 0 Å². The molecule has 1 unspecified atom stereocenters. The number of amides is 1. The van der Waals surface area contributed by atoms with Gasteiger partial charge in [0, 0.05) is 30.5 Å². The number of rotatable bonds is 7. The Bertz CT molecular complexity index is 937. The van der Waals surface area contributed by atoms with Crippen molar-refractivity contribution in [1.82, 2.24) is 4.90 Å². The van der Waals surface area contributed by atoms with Gasteiger partial charge in [0.05, 0.1) is 11.4 Å². The van der Waals surface area contributed by atoms with E-state index >= 15 is 0 Å². The van der Waals surface area contributed by atoms with E-state index in [-0.39, 0.29) is 23.4 Å². The summed E-state index contributed by atoms with van der Waals surface area (Å²) in [6.45, 7) is 4.36. The number of likely N-dealkylation sites (N-methyl/N-ethyl adjacent to an activating group) is 1. The number of anilines is 2. The van der Waals surface area contributed by atoms with Crippen LogP contribution in [0.3, 0.4) is 0 Å². The number of hydrogen-bond donors (Lipinski definition) is 2. The number of carbonyl (C=O) groups excluding carboxylic acids is 1. The number of hydrogen-bond acceptors (Lipinski definition) is 5. The first kappa shape index (κ1) is 21.3. The van der Waals surface area contributed by atoms with Crippen LogP contribution >= 0.6 is 0 Å². The standard InChI is InChI=1S/C21H28N4O3S/c1-16(17-5-11-20(12-6-17)29(22,27)28)24(2)15-21(26)23-18-7-9-19(10-8-18)25-13-3-4-14-25/h5-12,16H,3-4,13-15H2,1-2H3,(H,23,26)(H2,22,27,28). The third kappa shape index (κ3) is 5.56. The molecular weight excluding hydrogens is 388 g/mol. The van der Waals surface area contributed by atoms with Crippen LogP contribution < -0.4 is 15.4 Å². The molecule has 7 nitrogen and oxygen atoms in total. The van der Waals surface area contributed by atoms with Crippen molar-refractivity contribution in [2.24, 2.45) is 5.14 Å². The van der Waals surface area contributed by atoms with E-state index in [9.17, 15) is 13.2 Å². The molecule has 1 heterocycles. The van der Waals surface area contributed by atoms with E-state index in [1.807, 2.05) is 43.1 Å². The van der Waals surface area contributed by atoms with E-state index in [2.05, 4.69) is 10.2 Å². The van der Waals surface area contributed by atoms with E-state index in [1.54, 1.807) is 12.1 Å². The fourth-order valence-electron chi connectivity index (χ4n) is 3.49. The number of sulfonamides is 1. The summed E-state index contributed by atoms with van der Waals surface area (Å²) in [5, 5.41) is 8.06. The number of nitrogens with zero attached hydrogens (tertiary/aromatic N) is 2. The van der Waals surface area contributed by atoms with Gasteiger partial charge in [0.15, 0.2) is 0 Å². The molecule has 0 radical (unpaired) electrons. The van der Waals surface area contributed by atoms with Gasteiger partial charge in [-0.1, -0.05) is 12.1 Å². The van der Waals surface area contributed by atoms with Gasteiger partial charge in [0.25, 0.3) is 0 Å². The molecule has 1 saturated heterocycles. The van der Waals surface area contributed by atoms with Crippen molar-refractivity contribution < 1.29 is 13.2 Å². The first-order chi connectivity index (χ1) is 13.7. The molecule has 1 atom stereocenters. The first-order valence-corrected chi connectivity index (χ1v) is 11.3. The zero-order valence-corrected chi connectivity index (χ0v) is 17.7. The highest BCUT2D eigenvalue weighted by molar-refractivity contribution is 7.89. The van der Waals surface area contributed by atoms with Crippen LogP contribution in [0.25, 0.3) is 0 Å². The lowest BCUT2D eigenvalue weighted by Crippen LogP contribution is -2.32. The maximum absolute atomic E-state index is 12.4. The molecule has 1 aliphatic heterocycles. The average molecular weight is 417 g/mol. The SMILES string of the molecule is CC(c1ccc(S(N)(=O)=O)cc1)N(C)CC(=O)Nc1ccc(N2CCCC2)cc1. The van der Waals surface area contributed by atoms with Crippen molar-refractivity contribution in [2.75, 3.05) is 36.9 Å². The molecular formula is C21H28N4O3S. The van der Waals surface area contributed by atoms with Crippen LogP contribution in [0.5, 0.6) is 0 Å². The highest BCUT2D eigenvalue weighted by Gasteiger charge is 2.17. The number of carbonyl (C=O) groups is 1. The minimum Gasteiger partial charge on any atom is -0.372 e. The molecule has 1 amide bonds. The minimum absolute atomic E-state index is 0.0622. The van der Waals surface area contributed by atoms with E-state index in [1.165, 1.54) is 30.7 Å². The zero-order valence-electron chi connectivity index (χ0n) is 16.8. The monoisotopic (exact) mass is 416 g/mol. The summed E-state index contributed by atoms with van der Waals surface area (Å²) in [5.74, 6) is -0.102.